The molecule has 2 rings (SSSR count). The number of carbonyl (C=O) groups is 2. The Bertz CT molecular complexity index is 739. The fourth-order valence-electron chi connectivity index (χ4n) is 1.82. The summed E-state index contributed by atoms with van der Waals surface area (Å²) in [7, 11) is -1.97. The van der Waals surface area contributed by atoms with E-state index in [9.17, 15) is 19.0 Å². The molecule has 0 amide bonds. The van der Waals surface area contributed by atoms with Crippen LogP contribution in [-0.4, -0.2) is 60.6 Å². The maximum absolute atomic E-state index is 12.0. The van der Waals surface area contributed by atoms with Gasteiger partial charge in [-0.15, -0.1) is 0 Å². The van der Waals surface area contributed by atoms with Crippen LogP contribution < -0.4 is 9.05 Å². The number of ether oxygens (including phenoxy) is 2. The monoisotopic (exact) mass is 389 g/mol. The van der Waals surface area contributed by atoms with Crippen molar-refractivity contribution in [1.29, 1.82) is 0 Å². The predicted molar refractivity (Wildman–Crippen MR) is 92.4 cm³/mol. The summed E-state index contributed by atoms with van der Waals surface area (Å²) in [5.74, 6) is -1.02. The van der Waals surface area contributed by atoms with E-state index in [0.717, 1.165) is 0 Å². The van der Waals surface area contributed by atoms with E-state index in [1.807, 2.05) is 0 Å². The van der Waals surface area contributed by atoms with Crippen LogP contribution in [0.15, 0.2) is 48.5 Å². The Kier molecular flexibility index (Phi) is 8.33. The van der Waals surface area contributed by atoms with Gasteiger partial charge >= 0.3 is 19.8 Å². The molecule has 133 valence electrons. The molecule has 0 saturated carbocycles. The number of rotatable bonds is 6. The van der Waals surface area contributed by atoms with E-state index in [1.54, 1.807) is 0 Å². The third-order valence-corrected chi connectivity index (χ3v) is 3.88. The van der Waals surface area contributed by atoms with Crippen LogP contribution in [0.4, 0.5) is 0 Å². The van der Waals surface area contributed by atoms with Crippen molar-refractivity contribution in [3.05, 3.63) is 59.7 Å². The molecule has 0 heterocycles. The van der Waals surface area contributed by atoms with E-state index in [4.69, 9.17) is 9.05 Å². The van der Waals surface area contributed by atoms with Crippen molar-refractivity contribution in [1.82, 2.24) is 0 Å². The molecular formula is C16H15NaO8P. The molecule has 8 nitrogen and oxygen atoms in total. The van der Waals surface area contributed by atoms with E-state index < -0.39 is 19.8 Å². The molecule has 0 aliphatic heterocycles. The van der Waals surface area contributed by atoms with Gasteiger partial charge in [0.25, 0.3) is 0 Å². The first-order valence-electron chi connectivity index (χ1n) is 6.93. The maximum Gasteiger partial charge on any atom is 0.584 e. The van der Waals surface area contributed by atoms with Gasteiger partial charge in [0.1, 0.15) is 11.5 Å². The third kappa shape index (κ3) is 6.16. The summed E-state index contributed by atoms with van der Waals surface area (Å²) in [6.45, 7) is 0. The molecule has 2 aromatic carbocycles. The fraction of sp³-hybridized carbons (Fsp3) is 0.125. The van der Waals surface area contributed by atoms with Gasteiger partial charge in [-0.3, -0.25) is 4.89 Å². The van der Waals surface area contributed by atoms with Crippen molar-refractivity contribution in [2.45, 2.75) is 0 Å². The molecule has 26 heavy (non-hydrogen) atoms. The summed E-state index contributed by atoms with van der Waals surface area (Å²) in [5.41, 5.74) is 0.531. The average molecular weight is 389 g/mol. The molecule has 0 aromatic heterocycles. The Morgan fingerprint density at radius 1 is 0.769 bits per heavy atom. The molecule has 0 bridgehead atoms. The number of hydrogen-bond acceptors (Lipinski definition) is 7. The average Bonchev–Trinajstić information content (AvgIpc) is 2.61. The van der Waals surface area contributed by atoms with Crippen LogP contribution in [0.2, 0.25) is 0 Å². The van der Waals surface area contributed by atoms with Gasteiger partial charge < -0.3 is 18.5 Å². The molecule has 1 N–H and O–H groups in total. The first-order valence-corrected chi connectivity index (χ1v) is 8.43. The SMILES string of the molecule is COC(=O)c1ccc(OP(=O)(O)Oc2ccc(C(=O)OC)cc2)cc1.[Na]. The first-order chi connectivity index (χ1) is 11.8. The molecule has 0 atom stereocenters. The van der Waals surface area contributed by atoms with Crippen LogP contribution in [0.1, 0.15) is 20.7 Å². The van der Waals surface area contributed by atoms with Gasteiger partial charge in [-0.2, -0.15) is 0 Å². The molecule has 0 unspecified atom stereocenters. The van der Waals surface area contributed by atoms with Gasteiger partial charge in [0.2, 0.25) is 0 Å². The van der Waals surface area contributed by atoms with Gasteiger partial charge in [-0.25, -0.2) is 14.2 Å². The summed E-state index contributed by atoms with van der Waals surface area (Å²) < 4.78 is 31.0. The maximum atomic E-state index is 12.0. The second-order valence-electron chi connectivity index (χ2n) is 4.68. The summed E-state index contributed by atoms with van der Waals surface area (Å²) in [6.07, 6.45) is 0. The minimum Gasteiger partial charge on any atom is -0.465 e. The second-order valence-corrected chi connectivity index (χ2v) is 5.99. The van der Waals surface area contributed by atoms with Crippen molar-refractivity contribution in [3.63, 3.8) is 0 Å². The van der Waals surface area contributed by atoms with Gasteiger partial charge in [-0.05, 0) is 48.5 Å². The minimum absolute atomic E-state index is 0. The first kappa shape index (κ1) is 22.2. The smallest absolute Gasteiger partial charge is 0.465 e. The van der Waals surface area contributed by atoms with Crippen molar-refractivity contribution < 1.29 is 37.6 Å². The van der Waals surface area contributed by atoms with E-state index in [-0.39, 0.29) is 52.2 Å². The van der Waals surface area contributed by atoms with Crippen LogP contribution in [0.25, 0.3) is 0 Å². The number of carbonyl (C=O) groups excluding carboxylic acids is 2. The zero-order chi connectivity index (χ0) is 18.4. The van der Waals surface area contributed by atoms with E-state index in [1.165, 1.54) is 62.8 Å². The zero-order valence-corrected chi connectivity index (χ0v) is 17.3. The number of phosphoric acid groups is 1. The Morgan fingerprint density at radius 2 is 1.08 bits per heavy atom. The molecule has 1 radical (unpaired) electrons. The Labute approximate surface area is 171 Å². The predicted octanol–water partition coefficient (Wildman–Crippen LogP) is 2.44. The van der Waals surface area contributed by atoms with Crippen LogP contribution in [0.5, 0.6) is 11.5 Å². The van der Waals surface area contributed by atoms with Crippen LogP contribution in [-0.2, 0) is 14.0 Å². The summed E-state index contributed by atoms with van der Waals surface area (Å²) in [6, 6.07) is 10.9. The van der Waals surface area contributed by atoms with Crippen molar-refractivity contribution in [3.8, 4) is 11.5 Å². The third-order valence-electron chi connectivity index (χ3n) is 2.99. The van der Waals surface area contributed by atoms with Gasteiger partial charge in [0, 0.05) is 29.6 Å². The van der Waals surface area contributed by atoms with Crippen molar-refractivity contribution in [2.75, 3.05) is 14.2 Å². The number of benzene rings is 2. The molecule has 0 spiro atoms. The van der Waals surface area contributed by atoms with Crippen molar-refractivity contribution >= 4 is 49.3 Å². The quantitative estimate of drug-likeness (QED) is 0.456. The number of phosphoric ester groups is 1. The van der Waals surface area contributed by atoms with E-state index in [0.29, 0.717) is 0 Å². The number of esters is 2. The largest absolute Gasteiger partial charge is 0.584 e. The fourth-order valence-corrected chi connectivity index (χ4v) is 2.64. The Balaban J connectivity index is 0.00000338. The van der Waals surface area contributed by atoms with Gasteiger partial charge in [0.05, 0.1) is 25.3 Å². The van der Waals surface area contributed by atoms with E-state index in [2.05, 4.69) is 9.47 Å². The summed E-state index contributed by atoms with van der Waals surface area (Å²) in [5, 5.41) is 0. The van der Waals surface area contributed by atoms with Crippen LogP contribution in [0.3, 0.4) is 0 Å². The van der Waals surface area contributed by atoms with Crippen molar-refractivity contribution in [2.24, 2.45) is 0 Å². The molecule has 0 aliphatic rings. The minimum atomic E-state index is -4.46. The molecule has 0 fully saturated rings. The van der Waals surface area contributed by atoms with Crippen LogP contribution in [0, 0.1) is 0 Å². The molecule has 10 heteroatoms. The van der Waals surface area contributed by atoms with E-state index >= 15 is 0 Å². The number of methoxy groups -OCH3 is 2. The van der Waals surface area contributed by atoms with Crippen LogP contribution >= 0.6 is 7.82 Å². The molecule has 2 aromatic rings. The summed E-state index contributed by atoms with van der Waals surface area (Å²) >= 11 is 0. The molecule has 0 saturated heterocycles. The summed E-state index contributed by atoms with van der Waals surface area (Å²) in [4.78, 5) is 32.4. The number of hydrogen-bond donors (Lipinski definition) is 1. The topological polar surface area (TPSA) is 108 Å². The molecular weight excluding hydrogens is 374 g/mol. The second kappa shape index (κ2) is 9.75. The Morgan fingerprint density at radius 3 is 1.35 bits per heavy atom. The zero-order valence-electron chi connectivity index (χ0n) is 14.4. The standard InChI is InChI=1S/C16H15O8P.Na/c1-21-15(17)11-3-7-13(8-4-11)23-25(19,20)24-14-9-5-12(6-10-14)16(18)22-2;/h3-10H,1-2H3,(H,19,20);. The Hall–Kier alpha value is -1.83. The van der Waals surface area contributed by atoms with Gasteiger partial charge in [-0.1, -0.05) is 0 Å². The van der Waals surface area contributed by atoms with Gasteiger partial charge in [0.15, 0.2) is 0 Å². The normalized spacial score (nSPS) is 10.3. The molecule has 0 aliphatic carbocycles.